The molecule has 1 heterocycles. The molecule has 0 amide bonds. The molecule has 1 saturated heterocycles. The second-order valence-electron chi connectivity index (χ2n) is 2.71. The number of hydrogen-bond donors (Lipinski definition) is 1. The van der Waals surface area contributed by atoms with Gasteiger partial charge in [0.05, 0.1) is 0 Å². The zero-order valence-corrected chi connectivity index (χ0v) is 7.11. The van der Waals surface area contributed by atoms with E-state index in [0.717, 1.165) is 12.2 Å². The molecule has 0 aromatic heterocycles. The Bertz CT molecular complexity index is 202. The molecule has 1 rings (SSSR count). The van der Waals surface area contributed by atoms with Crippen LogP contribution in [0.1, 0.15) is 19.8 Å². The van der Waals surface area contributed by atoms with Gasteiger partial charge >= 0.3 is 5.97 Å². The van der Waals surface area contributed by atoms with Gasteiger partial charge in [-0.15, -0.1) is 11.8 Å². The molecule has 0 saturated carbocycles. The smallest absolute Gasteiger partial charge is 0.327 e. The van der Waals surface area contributed by atoms with Gasteiger partial charge in [-0.1, -0.05) is 0 Å². The average molecular weight is 174 g/mol. The highest BCUT2D eigenvalue weighted by Crippen LogP contribution is 2.33. The maximum absolute atomic E-state index is 11.2. The van der Waals surface area contributed by atoms with Crippen LogP contribution in [0.15, 0.2) is 0 Å². The van der Waals surface area contributed by atoms with Crippen LogP contribution in [0.5, 0.6) is 0 Å². The monoisotopic (exact) mass is 174 g/mol. The quantitative estimate of drug-likeness (QED) is 0.601. The fourth-order valence-corrected chi connectivity index (χ4v) is 2.09. The first-order valence-electron chi connectivity index (χ1n) is 3.48. The Kier molecular flexibility index (Phi) is 2.23. The van der Waals surface area contributed by atoms with E-state index in [-0.39, 0.29) is 5.78 Å². The predicted octanol–water partition coefficient (Wildman–Crippen LogP) is 0.926. The summed E-state index contributed by atoms with van der Waals surface area (Å²) in [5.74, 6) is -0.386. The van der Waals surface area contributed by atoms with E-state index in [2.05, 4.69) is 0 Å². The molecule has 1 N–H and O–H groups in total. The summed E-state index contributed by atoms with van der Waals surface area (Å²) in [6.07, 6.45) is 1.22. The molecule has 1 aliphatic heterocycles. The van der Waals surface area contributed by atoms with Gasteiger partial charge in [0.25, 0.3) is 0 Å². The molecule has 0 aromatic carbocycles. The lowest BCUT2D eigenvalue weighted by Gasteiger charge is -2.26. The minimum absolute atomic E-state index is 0.152. The standard InChI is InChI=1S/C7H10O3S/c1-7(6(9)10)5(8)3-2-4-11-7/h2-4H2,1H3,(H,9,10). The van der Waals surface area contributed by atoms with Gasteiger partial charge in [0.2, 0.25) is 0 Å². The van der Waals surface area contributed by atoms with Crippen molar-refractivity contribution < 1.29 is 14.7 Å². The largest absolute Gasteiger partial charge is 0.480 e. The van der Waals surface area contributed by atoms with Gasteiger partial charge in [-0.05, 0) is 19.1 Å². The molecule has 1 atom stereocenters. The third-order valence-electron chi connectivity index (χ3n) is 1.88. The number of rotatable bonds is 1. The number of carbonyl (C=O) groups excluding carboxylic acids is 1. The summed E-state index contributed by atoms with van der Waals surface area (Å²) in [6.45, 7) is 1.49. The van der Waals surface area contributed by atoms with E-state index < -0.39 is 10.7 Å². The number of carboxylic acid groups (broad SMARTS) is 1. The van der Waals surface area contributed by atoms with Crippen LogP contribution in [0.2, 0.25) is 0 Å². The van der Waals surface area contributed by atoms with E-state index in [1.54, 1.807) is 0 Å². The highest BCUT2D eigenvalue weighted by Gasteiger charge is 2.43. The Morgan fingerprint density at radius 3 is 2.73 bits per heavy atom. The second kappa shape index (κ2) is 2.85. The van der Waals surface area contributed by atoms with Crippen LogP contribution in [0, 0.1) is 0 Å². The molecule has 1 fully saturated rings. The number of hydrogen-bond acceptors (Lipinski definition) is 3. The van der Waals surface area contributed by atoms with E-state index in [0.29, 0.717) is 6.42 Å². The third-order valence-corrected chi connectivity index (χ3v) is 3.35. The Morgan fingerprint density at radius 2 is 2.36 bits per heavy atom. The highest BCUT2D eigenvalue weighted by atomic mass is 32.2. The van der Waals surface area contributed by atoms with Crippen molar-refractivity contribution in [3.05, 3.63) is 0 Å². The fourth-order valence-electron chi connectivity index (χ4n) is 1.01. The van der Waals surface area contributed by atoms with Gasteiger partial charge in [-0.2, -0.15) is 0 Å². The Morgan fingerprint density at radius 1 is 1.73 bits per heavy atom. The minimum atomic E-state index is -1.17. The first kappa shape index (κ1) is 8.59. The summed E-state index contributed by atoms with van der Waals surface area (Å²) in [6, 6.07) is 0. The van der Waals surface area contributed by atoms with E-state index in [4.69, 9.17) is 5.11 Å². The van der Waals surface area contributed by atoms with Crippen LogP contribution in [-0.4, -0.2) is 27.4 Å². The van der Waals surface area contributed by atoms with Crippen LogP contribution in [0.4, 0.5) is 0 Å². The van der Waals surface area contributed by atoms with E-state index in [9.17, 15) is 9.59 Å². The van der Waals surface area contributed by atoms with Gasteiger partial charge in [0, 0.05) is 6.42 Å². The molecule has 1 unspecified atom stereocenters. The van der Waals surface area contributed by atoms with Crippen molar-refractivity contribution in [1.29, 1.82) is 0 Å². The fraction of sp³-hybridized carbons (Fsp3) is 0.714. The molecule has 0 spiro atoms. The molecule has 11 heavy (non-hydrogen) atoms. The molecule has 3 nitrogen and oxygen atoms in total. The molecule has 1 aliphatic rings. The lowest BCUT2D eigenvalue weighted by molar-refractivity contribution is -0.143. The van der Waals surface area contributed by atoms with Crippen molar-refractivity contribution >= 4 is 23.5 Å². The van der Waals surface area contributed by atoms with Crippen LogP contribution < -0.4 is 0 Å². The van der Waals surface area contributed by atoms with Crippen LogP contribution >= 0.6 is 11.8 Å². The maximum Gasteiger partial charge on any atom is 0.327 e. The van der Waals surface area contributed by atoms with Crippen LogP contribution in [0.25, 0.3) is 0 Å². The van der Waals surface area contributed by atoms with Gasteiger partial charge < -0.3 is 5.11 Å². The van der Waals surface area contributed by atoms with E-state index in [1.807, 2.05) is 0 Å². The van der Waals surface area contributed by atoms with Crippen LogP contribution in [0.3, 0.4) is 0 Å². The number of carbonyl (C=O) groups is 2. The summed E-state index contributed by atoms with van der Waals surface area (Å²) >= 11 is 1.23. The summed E-state index contributed by atoms with van der Waals surface area (Å²) in [5, 5.41) is 8.73. The zero-order valence-electron chi connectivity index (χ0n) is 6.29. The maximum atomic E-state index is 11.2. The normalized spacial score (nSPS) is 31.9. The number of aliphatic carboxylic acids is 1. The number of ketones is 1. The van der Waals surface area contributed by atoms with Crippen molar-refractivity contribution in [2.75, 3.05) is 5.75 Å². The first-order valence-corrected chi connectivity index (χ1v) is 4.46. The van der Waals surface area contributed by atoms with Crippen LogP contribution in [-0.2, 0) is 9.59 Å². The lowest BCUT2D eigenvalue weighted by Crippen LogP contribution is -2.42. The van der Waals surface area contributed by atoms with Gasteiger partial charge in [-0.25, -0.2) is 0 Å². The third kappa shape index (κ3) is 1.40. The number of thioether (sulfide) groups is 1. The van der Waals surface area contributed by atoms with E-state index in [1.165, 1.54) is 18.7 Å². The highest BCUT2D eigenvalue weighted by molar-refractivity contribution is 8.02. The predicted molar refractivity (Wildman–Crippen MR) is 42.7 cm³/mol. The minimum Gasteiger partial charge on any atom is -0.480 e. The summed E-state index contributed by atoms with van der Waals surface area (Å²) < 4.78 is -1.17. The SMILES string of the molecule is CC1(C(=O)O)SCCCC1=O. The van der Waals surface area contributed by atoms with Gasteiger partial charge in [-0.3, -0.25) is 9.59 Å². The summed E-state index contributed by atoms with van der Waals surface area (Å²) in [4.78, 5) is 21.8. The van der Waals surface area contributed by atoms with Gasteiger partial charge in [0.1, 0.15) is 0 Å². The second-order valence-corrected chi connectivity index (χ2v) is 4.23. The molecule has 62 valence electrons. The van der Waals surface area contributed by atoms with Crippen molar-refractivity contribution in [1.82, 2.24) is 0 Å². The molecule has 0 aromatic rings. The molecule has 0 bridgehead atoms. The molecule has 0 radical (unpaired) electrons. The Balaban J connectivity index is 2.81. The lowest BCUT2D eigenvalue weighted by atomic mass is 10.0. The topological polar surface area (TPSA) is 54.4 Å². The molecular formula is C7H10O3S. The first-order chi connectivity index (χ1) is 5.07. The average Bonchev–Trinajstić information content (AvgIpc) is 1.95. The van der Waals surface area contributed by atoms with Crippen molar-refractivity contribution in [3.8, 4) is 0 Å². The summed E-state index contributed by atoms with van der Waals surface area (Å²) in [7, 11) is 0. The molecule has 4 heteroatoms. The van der Waals surface area contributed by atoms with Gasteiger partial charge in [0.15, 0.2) is 10.5 Å². The van der Waals surface area contributed by atoms with Crippen molar-refractivity contribution in [3.63, 3.8) is 0 Å². The Labute approximate surface area is 69.2 Å². The summed E-state index contributed by atoms with van der Waals surface area (Å²) in [5.41, 5.74) is 0. The number of carboxylic acids is 1. The molecular weight excluding hydrogens is 164 g/mol. The Hall–Kier alpha value is -0.510. The molecule has 0 aliphatic carbocycles. The van der Waals surface area contributed by atoms with Crippen molar-refractivity contribution in [2.45, 2.75) is 24.5 Å². The van der Waals surface area contributed by atoms with E-state index >= 15 is 0 Å². The zero-order chi connectivity index (χ0) is 8.48. The number of Topliss-reactive ketones (excluding diaryl/α,β-unsaturated/α-hetero) is 1. The van der Waals surface area contributed by atoms with Crippen molar-refractivity contribution in [2.24, 2.45) is 0 Å².